The summed E-state index contributed by atoms with van der Waals surface area (Å²) in [5.41, 5.74) is 1.71. The fourth-order valence-electron chi connectivity index (χ4n) is 2.57. The van der Waals surface area contributed by atoms with Gasteiger partial charge in [-0.15, -0.1) is 0 Å². The summed E-state index contributed by atoms with van der Waals surface area (Å²) in [4.78, 5) is 18.9. The van der Waals surface area contributed by atoms with Gasteiger partial charge in [0.2, 0.25) is 5.91 Å². The van der Waals surface area contributed by atoms with E-state index in [1.165, 1.54) is 11.3 Å². The molecule has 1 heterocycles. The lowest BCUT2D eigenvalue weighted by Gasteiger charge is -2.20. The molecule has 2 aromatic carbocycles. The van der Waals surface area contributed by atoms with Crippen LogP contribution in [0.5, 0.6) is 5.75 Å². The van der Waals surface area contributed by atoms with Gasteiger partial charge in [0, 0.05) is 12.7 Å². The molecule has 6 nitrogen and oxygen atoms in total. The van der Waals surface area contributed by atoms with Crippen LogP contribution in [0.2, 0.25) is 0 Å². The molecule has 27 heavy (non-hydrogen) atoms. The van der Waals surface area contributed by atoms with E-state index in [2.05, 4.69) is 4.98 Å². The van der Waals surface area contributed by atoms with Crippen molar-refractivity contribution in [3.05, 3.63) is 54.1 Å². The number of hydrogen-bond acceptors (Lipinski definition) is 6. The number of thiazole rings is 1. The van der Waals surface area contributed by atoms with Crippen LogP contribution in [0.4, 0.5) is 5.13 Å². The van der Waals surface area contributed by atoms with Crippen LogP contribution in [0.25, 0.3) is 10.2 Å². The van der Waals surface area contributed by atoms with Crippen LogP contribution in [0.15, 0.2) is 48.5 Å². The number of sulfone groups is 1. The second-order valence-corrected chi connectivity index (χ2v) is 9.44. The highest BCUT2D eigenvalue weighted by molar-refractivity contribution is 7.90. The standard InChI is InChI=1S/C19H20N2O4S2/c1-25-15-8-9-16-17(12-15)26-19(20-16)21(13-14-6-4-3-5-7-14)18(22)10-11-27(2,23)24/h3-9,12H,10-11,13H2,1-2H3. The molecular weight excluding hydrogens is 384 g/mol. The number of nitrogens with zero attached hydrogens (tertiary/aromatic N) is 2. The van der Waals surface area contributed by atoms with E-state index < -0.39 is 9.84 Å². The van der Waals surface area contributed by atoms with Crippen LogP contribution in [0.3, 0.4) is 0 Å². The van der Waals surface area contributed by atoms with Gasteiger partial charge in [0.1, 0.15) is 15.6 Å². The fraction of sp³-hybridized carbons (Fsp3) is 0.263. The first kappa shape index (κ1) is 19.3. The van der Waals surface area contributed by atoms with Gasteiger partial charge in [0.05, 0.1) is 29.6 Å². The van der Waals surface area contributed by atoms with Crippen molar-refractivity contribution in [2.45, 2.75) is 13.0 Å². The van der Waals surface area contributed by atoms with E-state index in [4.69, 9.17) is 4.74 Å². The molecule has 0 atom stereocenters. The van der Waals surface area contributed by atoms with E-state index >= 15 is 0 Å². The molecule has 0 bridgehead atoms. The van der Waals surface area contributed by atoms with Gasteiger partial charge >= 0.3 is 0 Å². The number of rotatable bonds is 7. The quantitative estimate of drug-likeness (QED) is 0.604. The molecule has 0 N–H and O–H groups in total. The predicted molar refractivity (Wildman–Crippen MR) is 108 cm³/mol. The third kappa shape index (κ3) is 5.05. The monoisotopic (exact) mass is 404 g/mol. The normalized spacial score (nSPS) is 11.5. The van der Waals surface area contributed by atoms with Crippen molar-refractivity contribution in [1.82, 2.24) is 4.98 Å². The Morgan fingerprint density at radius 3 is 2.59 bits per heavy atom. The third-order valence-electron chi connectivity index (χ3n) is 3.99. The van der Waals surface area contributed by atoms with E-state index in [1.54, 1.807) is 12.0 Å². The van der Waals surface area contributed by atoms with Gasteiger partial charge in [0.25, 0.3) is 0 Å². The Labute approximate surface area is 162 Å². The molecule has 1 amide bonds. The number of aromatic nitrogens is 1. The van der Waals surface area contributed by atoms with Gasteiger partial charge in [-0.2, -0.15) is 0 Å². The number of carbonyl (C=O) groups is 1. The maximum absolute atomic E-state index is 12.8. The van der Waals surface area contributed by atoms with Crippen molar-refractivity contribution in [2.75, 3.05) is 24.0 Å². The first-order valence-corrected chi connectivity index (χ1v) is 11.2. The third-order valence-corrected chi connectivity index (χ3v) is 5.97. The lowest BCUT2D eigenvalue weighted by atomic mass is 10.2. The second kappa shape index (κ2) is 8.06. The average molecular weight is 405 g/mol. The summed E-state index contributed by atoms with van der Waals surface area (Å²) in [6.07, 6.45) is 1.05. The van der Waals surface area contributed by atoms with Crippen LogP contribution in [0, 0.1) is 0 Å². The number of anilines is 1. The molecule has 0 radical (unpaired) electrons. The molecule has 0 spiro atoms. The van der Waals surface area contributed by atoms with Crippen molar-refractivity contribution >= 4 is 42.4 Å². The summed E-state index contributed by atoms with van der Waals surface area (Å²) >= 11 is 1.38. The molecule has 0 saturated carbocycles. The lowest BCUT2D eigenvalue weighted by molar-refractivity contribution is -0.118. The maximum Gasteiger partial charge on any atom is 0.230 e. The number of hydrogen-bond donors (Lipinski definition) is 0. The van der Waals surface area contributed by atoms with Crippen molar-refractivity contribution in [1.29, 1.82) is 0 Å². The minimum atomic E-state index is -3.22. The zero-order chi connectivity index (χ0) is 19.4. The van der Waals surface area contributed by atoms with E-state index in [-0.39, 0.29) is 18.1 Å². The topological polar surface area (TPSA) is 76.6 Å². The lowest BCUT2D eigenvalue weighted by Crippen LogP contribution is -2.31. The zero-order valence-corrected chi connectivity index (χ0v) is 16.7. The van der Waals surface area contributed by atoms with Crippen molar-refractivity contribution < 1.29 is 17.9 Å². The van der Waals surface area contributed by atoms with Crippen LogP contribution < -0.4 is 9.64 Å². The molecule has 0 aliphatic carbocycles. The smallest absolute Gasteiger partial charge is 0.230 e. The first-order valence-electron chi connectivity index (χ1n) is 8.32. The van der Waals surface area contributed by atoms with E-state index in [0.717, 1.165) is 27.8 Å². The average Bonchev–Trinajstić information content (AvgIpc) is 3.07. The molecule has 0 aliphatic heterocycles. The summed E-state index contributed by atoms with van der Waals surface area (Å²) in [6.45, 7) is 0.334. The summed E-state index contributed by atoms with van der Waals surface area (Å²) in [7, 11) is -1.63. The first-order chi connectivity index (χ1) is 12.9. The number of carbonyl (C=O) groups excluding carboxylic acids is 1. The van der Waals surface area contributed by atoms with Crippen LogP contribution >= 0.6 is 11.3 Å². The minimum absolute atomic E-state index is 0.0785. The number of benzene rings is 2. The van der Waals surface area contributed by atoms with E-state index in [1.807, 2.05) is 48.5 Å². The molecule has 0 aliphatic rings. The summed E-state index contributed by atoms with van der Waals surface area (Å²) < 4.78 is 29.1. The molecule has 0 saturated heterocycles. The Balaban J connectivity index is 1.94. The SMILES string of the molecule is COc1ccc2nc(N(Cc3ccccc3)C(=O)CCS(C)(=O)=O)sc2c1. The van der Waals surface area contributed by atoms with Crippen molar-refractivity contribution in [2.24, 2.45) is 0 Å². The highest BCUT2D eigenvalue weighted by Gasteiger charge is 2.21. The Morgan fingerprint density at radius 1 is 1.19 bits per heavy atom. The summed E-state index contributed by atoms with van der Waals surface area (Å²) in [5, 5.41) is 0.542. The predicted octanol–water partition coefficient (Wildman–Crippen LogP) is 3.27. The van der Waals surface area contributed by atoms with E-state index in [9.17, 15) is 13.2 Å². The van der Waals surface area contributed by atoms with Gasteiger partial charge in [-0.3, -0.25) is 9.69 Å². The van der Waals surface area contributed by atoms with Gasteiger partial charge in [0.15, 0.2) is 5.13 Å². The maximum atomic E-state index is 12.8. The second-order valence-electron chi connectivity index (χ2n) is 6.18. The molecule has 8 heteroatoms. The van der Waals surface area contributed by atoms with Gasteiger partial charge in [-0.05, 0) is 23.8 Å². The van der Waals surface area contributed by atoms with Gasteiger partial charge < -0.3 is 4.74 Å². The molecule has 3 aromatic rings. The Morgan fingerprint density at radius 2 is 1.93 bits per heavy atom. The summed E-state index contributed by atoms with van der Waals surface area (Å²) in [5.74, 6) is 0.265. The number of amides is 1. The van der Waals surface area contributed by atoms with Gasteiger partial charge in [-0.25, -0.2) is 13.4 Å². The largest absolute Gasteiger partial charge is 0.497 e. The Hall–Kier alpha value is -2.45. The fourth-order valence-corrected chi connectivity index (χ4v) is 4.13. The molecule has 1 aromatic heterocycles. The van der Waals surface area contributed by atoms with Crippen LogP contribution in [0.1, 0.15) is 12.0 Å². The molecule has 142 valence electrons. The zero-order valence-electron chi connectivity index (χ0n) is 15.1. The van der Waals surface area contributed by atoms with E-state index in [0.29, 0.717) is 11.7 Å². The molecule has 0 fully saturated rings. The molecule has 0 unspecified atom stereocenters. The molecular formula is C19H20N2O4S2. The van der Waals surface area contributed by atoms with Crippen molar-refractivity contribution in [3.8, 4) is 5.75 Å². The number of fused-ring (bicyclic) bond motifs is 1. The highest BCUT2D eigenvalue weighted by atomic mass is 32.2. The molecule has 3 rings (SSSR count). The Kier molecular flexibility index (Phi) is 5.76. The Bertz CT molecular complexity index is 1050. The van der Waals surface area contributed by atoms with Crippen molar-refractivity contribution in [3.63, 3.8) is 0 Å². The van der Waals surface area contributed by atoms with Crippen LogP contribution in [-0.4, -0.2) is 38.4 Å². The number of methoxy groups -OCH3 is 1. The van der Waals surface area contributed by atoms with Crippen LogP contribution in [-0.2, 0) is 21.2 Å². The van der Waals surface area contributed by atoms with Gasteiger partial charge in [-0.1, -0.05) is 41.7 Å². The summed E-state index contributed by atoms with van der Waals surface area (Å²) in [6, 6.07) is 15.1. The number of ether oxygens (including phenoxy) is 1. The highest BCUT2D eigenvalue weighted by Crippen LogP contribution is 2.32. The minimum Gasteiger partial charge on any atom is -0.497 e.